The molecule has 0 radical (unpaired) electrons. The maximum Gasteiger partial charge on any atom is 0.219 e. The maximum absolute atomic E-state index is 11.5. The van der Waals surface area contributed by atoms with Crippen LogP contribution in [0.1, 0.15) is 31.7 Å². The number of carbonyl (C=O) groups excluding carboxylic acids is 1. The minimum absolute atomic E-state index is 0.148. The number of piperidine rings is 1. The molecule has 1 aliphatic rings. The van der Waals surface area contributed by atoms with Gasteiger partial charge in [-0.2, -0.15) is 0 Å². The van der Waals surface area contributed by atoms with Crippen LogP contribution in [0.25, 0.3) is 11.3 Å². The topological polar surface area (TPSA) is 45.5 Å². The summed E-state index contributed by atoms with van der Waals surface area (Å²) in [6, 6.07) is 12.4. The summed E-state index contributed by atoms with van der Waals surface area (Å²) in [4.78, 5) is 14.0. The Labute approximate surface area is 143 Å². The maximum atomic E-state index is 11.5. The Balaban J connectivity index is 1.63. The first-order valence-corrected chi connectivity index (χ1v) is 8.87. The number of nitrogens with zero attached hydrogens (tertiary/aromatic N) is 1. The number of benzene rings is 1. The van der Waals surface area contributed by atoms with Gasteiger partial charge in [0.25, 0.3) is 0 Å². The quantitative estimate of drug-likeness (QED) is 0.880. The molecule has 3 rings (SSSR count). The molecule has 0 bridgehead atoms. The van der Waals surface area contributed by atoms with Crippen molar-refractivity contribution in [3.63, 3.8) is 0 Å². The van der Waals surface area contributed by atoms with Gasteiger partial charge in [-0.15, -0.1) is 0 Å². The first-order chi connectivity index (χ1) is 11.8. The van der Waals surface area contributed by atoms with E-state index < -0.39 is 0 Å². The molecule has 0 unspecified atom stereocenters. The van der Waals surface area contributed by atoms with Gasteiger partial charge in [0.1, 0.15) is 5.76 Å². The smallest absolute Gasteiger partial charge is 0.219 e. The highest BCUT2D eigenvalue weighted by atomic mass is 16.3. The van der Waals surface area contributed by atoms with Crippen LogP contribution in [-0.2, 0) is 11.3 Å². The van der Waals surface area contributed by atoms with E-state index in [4.69, 9.17) is 4.42 Å². The van der Waals surface area contributed by atoms with E-state index in [0.717, 1.165) is 31.9 Å². The van der Waals surface area contributed by atoms with Crippen LogP contribution in [-0.4, -0.2) is 30.4 Å². The van der Waals surface area contributed by atoms with Crippen LogP contribution in [0.2, 0.25) is 0 Å². The number of rotatable bonds is 6. The second-order valence-corrected chi connectivity index (χ2v) is 6.54. The normalized spacial score (nSPS) is 18.5. The fraction of sp³-hybridized carbons (Fsp3) is 0.450. The Hall–Kier alpha value is -2.07. The summed E-state index contributed by atoms with van der Waals surface area (Å²) < 4.78 is 5.58. The zero-order chi connectivity index (χ0) is 16.8. The molecule has 1 aromatic heterocycles. The number of furan rings is 1. The third kappa shape index (κ3) is 4.26. The lowest BCUT2D eigenvalue weighted by atomic mass is 9.96. The van der Waals surface area contributed by atoms with Gasteiger partial charge in [-0.3, -0.25) is 9.69 Å². The standard InChI is InChI=1S/C20H26N2O2/c1-2-20(23)21-13-16-7-5-11-22(14-16)15-17-8-3-4-9-18(17)19-10-6-12-24-19/h3-4,6,8-10,12,16H,2,5,7,11,13-15H2,1H3,(H,21,23)/t16-/m1/s1. The summed E-state index contributed by atoms with van der Waals surface area (Å²) in [5, 5.41) is 3.04. The predicted molar refractivity (Wildman–Crippen MR) is 95.4 cm³/mol. The van der Waals surface area contributed by atoms with Crippen molar-refractivity contribution in [2.75, 3.05) is 19.6 Å². The van der Waals surface area contributed by atoms with Gasteiger partial charge >= 0.3 is 0 Å². The second kappa shape index (κ2) is 8.15. The minimum atomic E-state index is 0.148. The van der Waals surface area contributed by atoms with Crippen LogP contribution in [0, 0.1) is 5.92 Å². The summed E-state index contributed by atoms with van der Waals surface area (Å²) in [6.45, 7) is 5.77. The van der Waals surface area contributed by atoms with Crippen LogP contribution in [0.3, 0.4) is 0 Å². The Morgan fingerprint density at radius 1 is 1.29 bits per heavy atom. The number of hydrogen-bond donors (Lipinski definition) is 1. The summed E-state index contributed by atoms with van der Waals surface area (Å²) in [5.74, 6) is 1.62. The van der Waals surface area contributed by atoms with Gasteiger partial charge in [0.15, 0.2) is 0 Å². The monoisotopic (exact) mass is 326 g/mol. The molecule has 4 heteroatoms. The van der Waals surface area contributed by atoms with Gasteiger partial charge < -0.3 is 9.73 Å². The van der Waals surface area contributed by atoms with Crippen LogP contribution in [0.15, 0.2) is 47.1 Å². The van der Waals surface area contributed by atoms with Crippen LogP contribution in [0.4, 0.5) is 0 Å². The van der Waals surface area contributed by atoms with Crippen molar-refractivity contribution in [1.82, 2.24) is 10.2 Å². The van der Waals surface area contributed by atoms with E-state index >= 15 is 0 Å². The van der Waals surface area contributed by atoms with Gasteiger partial charge in [0.2, 0.25) is 5.91 Å². The highest BCUT2D eigenvalue weighted by Gasteiger charge is 2.21. The molecule has 24 heavy (non-hydrogen) atoms. The van der Waals surface area contributed by atoms with E-state index in [1.165, 1.54) is 24.0 Å². The average Bonchev–Trinajstić information content (AvgIpc) is 3.15. The van der Waals surface area contributed by atoms with E-state index in [9.17, 15) is 4.79 Å². The number of nitrogens with one attached hydrogen (secondary N) is 1. The molecule has 4 nitrogen and oxygen atoms in total. The lowest BCUT2D eigenvalue weighted by Crippen LogP contribution is -2.40. The minimum Gasteiger partial charge on any atom is -0.464 e. The number of amides is 1. The van der Waals surface area contributed by atoms with Crippen molar-refractivity contribution in [1.29, 1.82) is 0 Å². The summed E-state index contributed by atoms with van der Waals surface area (Å²) in [7, 11) is 0. The number of likely N-dealkylation sites (tertiary alicyclic amines) is 1. The molecule has 128 valence electrons. The lowest BCUT2D eigenvalue weighted by molar-refractivity contribution is -0.121. The zero-order valence-corrected chi connectivity index (χ0v) is 14.3. The summed E-state index contributed by atoms with van der Waals surface area (Å²) in [5.41, 5.74) is 2.47. The van der Waals surface area contributed by atoms with Gasteiger partial charge in [0.05, 0.1) is 6.26 Å². The predicted octanol–water partition coefficient (Wildman–Crippen LogP) is 3.68. The number of carbonyl (C=O) groups is 1. The molecule has 1 atom stereocenters. The van der Waals surface area contributed by atoms with Gasteiger partial charge in [0, 0.05) is 31.6 Å². The van der Waals surface area contributed by atoms with Crippen LogP contribution < -0.4 is 5.32 Å². The lowest BCUT2D eigenvalue weighted by Gasteiger charge is -2.33. The van der Waals surface area contributed by atoms with Crippen molar-refractivity contribution in [3.05, 3.63) is 48.2 Å². The van der Waals surface area contributed by atoms with Crippen LogP contribution in [0.5, 0.6) is 0 Å². The Morgan fingerprint density at radius 2 is 2.17 bits per heavy atom. The Morgan fingerprint density at radius 3 is 2.96 bits per heavy atom. The van der Waals surface area contributed by atoms with Crippen molar-refractivity contribution < 1.29 is 9.21 Å². The molecule has 0 saturated carbocycles. The molecule has 2 heterocycles. The molecule has 1 fully saturated rings. The second-order valence-electron chi connectivity index (χ2n) is 6.54. The fourth-order valence-corrected chi connectivity index (χ4v) is 3.42. The van der Waals surface area contributed by atoms with E-state index in [1.807, 2.05) is 19.1 Å². The molecular formula is C20H26N2O2. The number of hydrogen-bond acceptors (Lipinski definition) is 3. The first-order valence-electron chi connectivity index (χ1n) is 8.87. The molecule has 0 spiro atoms. The highest BCUT2D eigenvalue weighted by Crippen LogP contribution is 2.26. The molecule has 0 aliphatic carbocycles. The van der Waals surface area contributed by atoms with E-state index in [1.54, 1.807) is 6.26 Å². The third-order valence-electron chi connectivity index (χ3n) is 4.71. The summed E-state index contributed by atoms with van der Waals surface area (Å²) in [6.07, 6.45) is 4.67. The van der Waals surface area contributed by atoms with Crippen molar-refractivity contribution >= 4 is 5.91 Å². The SMILES string of the molecule is CCC(=O)NC[C@H]1CCCN(Cc2ccccc2-c2ccco2)C1. The Bertz CT molecular complexity index is 651. The highest BCUT2D eigenvalue weighted by molar-refractivity contribution is 5.75. The molecule has 1 aliphatic heterocycles. The zero-order valence-electron chi connectivity index (χ0n) is 14.3. The summed E-state index contributed by atoms with van der Waals surface area (Å²) >= 11 is 0. The van der Waals surface area contributed by atoms with Gasteiger partial charge in [-0.05, 0) is 43.0 Å². The van der Waals surface area contributed by atoms with Crippen molar-refractivity contribution in [3.8, 4) is 11.3 Å². The molecule has 1 amide bonds. The molecule has 1 saturated heterocycles. The molecule has 2 aromatic rings. The van der Waals surface area contributed by atoms with E-state index in [2.05, 4.69) is 34.5 Å². The molecular weight excluding hydrogens is 300 g/mol. The van der Waals surface area contributed by atoms with Crippen molar-refractivity contribution in [2.45, 2.75) is 32.7 Å². The Kier molecular flexibility index (Phi) is 5.70. The van der Waals surface area contributed by atoms with Gasteiger partial charge in [-0.1, -0.05) is 31.2 Å². The van der Waals surface area contributed by atoms with Crippen LogP contribution >= 0.6 is 0 Å². The average molecular weight is 326 g/mol. The van der Waals surface area contributed by atoms with E-state index in [0.29, 0.717) is 12.3 Å². The first kappa shape index (κ1) is 16.8. The largest absolute Gasteiger partial charge is 0.464 e. The van der Waals surface area contributed by atoms with Gasteiger partial charge in [-0.25, -0.2) is 0 Å². The van der Waals surface area contributed by atoms with E-state index in [-0.39, 0.29) is 5.91 Å². The third-order valence-corrected chi connectivity index (χ3v) is 4.71. The molecule has 1 aromatic carbocycles. The molecule has 1 N–H and O–H groups in total. The van der Waals surface area contributed by atoms with Crippen molar-refractivity contribution in [2.24, 2.45) is 5.92 Å². The fourth-order valence-electron chi connectivity index (χ4n) is 3.42.